The molecule has 36 heavy (non-hydrogen) atoms. The fourth-order valence-electron chi connectivity index (χ4n) is 5.00. The summed E-state index contributed by atoms with van der Waals surface area (Å²) in [6, 6.07) is 28.8. The first-order valence-electron chi connectivity index (χ1n) is 12.6. The summed E-state index contributed by atoms with van der Waals surface area (Å²) < 4.78 is 0. The van der Waals surface area contributed by atoms with E-state index in [1.165, 1.54) is 0 Å². The Morgan fingerprint density at radius 2 is 1.50 bits per heavy atom. The van der Waals surface area contributed by atoms with E-state index in [-0.39, 0.29) is 12.1 Å². The number of para-hydroxylation sites is 2. The van der Waals surface area contributed by atoms with Crippen molar-refractivity contribution in [3.8, 4) is 11.1 Å². The van der Waals surface area contributed by atoms with Crippen LogP contribution in [0.25, 0.3) is 22.0 Å². The molecule has 1 heterocycles. The lowest BCUT2D eigenvalue weighted by Crippen LogP contribution is -2.42. The summed E-state index contributed by atoms with van der Waals surface area (Å²) in [7, 11) is 4.12. The smallest absolute Gasteiger partial charge is 0.319 e. The van der Waals surface area contributed by atoms with Crippen molar-refractivity contribution in [2.45, 2.75) is 37.8 Å². The van der Waals surface area contributed by atoms with E-state index < -0.39 is 0 Å². The number of rotatable bonds is 6. The number of pyridine rings is 1. The number of urea groups is 1. The van der Waals surface area contributed by atoms with Crippen LogP contribution in [0.4, 0.5) is 22.0 Å². The number of hydrogen-bond acceptors (Lipinski definition) is 4. The highest BCUT2D eigenvalue weighted by atomic mass is 16.2. The zero-order chi connectivity index (χ0) is 24.9. The van der Waals surface area contributed by atoms with Gasteiger partial charge in [0.2, 0.25) is 0 Å². The van der Waals surface area contributed by atoms with Gasteiger partial charge < -0.3 is 20.9 Å². The predicted octanol–water partition coefficient (Wildman–Crippen LogP) is 6.51. The predicted molar refractivity (Wildman–Crippen MR) is 150 cm³/mol. The molecule has 6 heteroatoms. The fraction of sp³-hybridized carbons (Fsp3) is 0.267. The van der Waals surface area contributed by atoms with Gasteiger partial charge in [-0.15, -0.1) is 0 Å². The molecule has 6 nitrogen and oxygen atoms in total. The second kappa shape index (κ2) is 10.7. The molecule has 0 unspecified atom stereocenters. The minimum Gasteiger partial charge on any atom is -0.377 e. The largest absolute Gasteiger partial charge is 0.377 e. The lowest BCUT2D eigenvalue weighted by Gasteiger charge is -2.30. The Hall–Kier alpha value is -4.06. The Labute approximate surface area is 212 Å². The molecule has 3 N–H and O–H groups in total. The zero-order valence-corrected chi connectivity index (χ0v) is 20.9. The minimum absolute atomic E-state index is 0.151. The Bertz CT molecular complexity index is 1330. The summed E-state index contributed by atoms with van der Waals surface area (Å²) in [5.74, 6) is 0.907. The highest BCUT2D eigenvalue weighted by Gasteiger charge is 2.23. The number of carbonyl (C=O) groups excluding carboxylic acids is 1. The Kier molecular flexibility index (Phi) is 7.03. The number of aromatic nitrogens is 1. The van der Waals surface area contributed by atoms with E-state index in [1.54, 1.807) is 0 Å². The standard InChI is InChI=1S/C30H33N5O/c1-35(2)28-20-29(33-27-15-9-7-13-25(27)28)31-22-16-18-23(19-17-22)32-30(36)34-26-14-8-6-12-24(26)21-10-4-3-5-11-21/h3-15,20,22-23H,16-19H2,1-2H3,(H,31,33)(H2,32,34,36). The third-order valence-corrected chi connectivity index (χ3v) is 6.85. The molecule has 1 fully saturated rings. The molecule has 1 saturated carbocycles. The second-order valence-corrected chi connectivity index (χ2v) is 9.64. The van der Waals surface area contributed by atoms with E-state index in [9.17, 15) is 4.79 Å². The van der Waals surface area contributed by atoms with E-state index in [2.05, 4.69) is 71.3 Å². The molecule has 1 aromatic heterocycles. The van der Waals surface area contributed by atoms with Crippen molar-refractivity contribution in [2.24, 2.45) is 0 Å². The van der Waals surface area contributed by atoms with Crippen molar-refractivity contribution < 1.29 is 4.79 Å². The van der Waals surface area contributed by atoms with Crippen molar-refractivity contribution in [2.75, 3.05) is 29.6 Å². The first-order valence-corrected chi connectivity index (χ1v) is 12.6. The Balaban J connectivity index is 1.17. The number of fused-ring (bicyclic) bond motifs is 1. The van der Waals surface area contributed by atoms with Crippen LogP contribution in [0.3, 0.4) is 0 Å². The van der Waals surface area contributed by atoms with Gasteiger partial charge in [0.15, 0.2) is 0 Å². The SMILES string of the molecule is CN(C)c1cc(NC2CCC(NC(=O)Nc3ccccc3-c3ccccc3)CC2)nc2ccccc12. The van der Waals surface area contributed by atoms with E-state index in [4.69, 9.17) is 4.98 Å². The lowest BCUT2D eigenvalue weighted by molar-refractivity contribution is 0.243. The summed E-state index contributed by atoms with van der Waals surface area (Å²) in [5, 5.41) is 11.0. The molecular weight excluding hydrogens is 446 g/mol. The van der Waals surface area contributed by atoms with Crippen LogP contribution in [0.2, 0.25) is 0 Å². The van der Waals surface area contributed by atoms with Crippen LogP contribution < -0.4 is 20.9 Å². The van der Waals surface area contributed by atoms with Crippen LogP contribution in [-0.2, 0) is 0 Å². The second-order valence-electron chi connectivity index (χ2n) is 9.64. The monoisotopic (exact) mass is 479 g/mol. The van der Waals surface area contributed by atoms with Gasteiger partial charge in [-0.2, -0.15) is 0 Å². The summed E-state index contributed by atoms with van der Waals surface area (Å²) in [6.07, 6.45) is 3.83. The highest BCUT2D eigenvalue weighted by Crippen LogP contribution is 2.30. The summed E-state index contributed by atoms with van der Waals surface area (Å²) in [6.45, 7) is 0. The maximum Gasteiger partial charge on any atom is 0.319 e. The van der Waals surface area contributed by atoms with Gasteiger partial charge in [0.05, 0.1) is 11.2 Å². The van der Waals surface area contributed by atoms with E-state index in [0.717, 1.165) is 64.9 Å². The van der Waals surface area contributed by atoms with Crippen LogP contribution in [-0.4, -0.2) is 37.2 Å². The third-order valence-electron chi connectivity index (χ3n) is 6.85. The van der Waals surface area contributed by atoms with Crippen LogP contribution in [0.5, 0.6) is 0 Å². The minimum atomic E-state index is -0.151. The first-order chi connectivity index (χ1) is 17.6. The zero-order valence-electron chi connectivity index (χ0n) is 20.9. The number of nitrogens with zero attached hydrogens (tertiary/aromatic N) is 2. The lowest BCUT2D eigenvalue weighted by atomic mass is 9.91. The van der Waals surface area contributed by atoms with Crippen LogP contribution in [0.1, 0.15) is 25.7 Å². The molecular formula is C30H33N5O. The molecule has 0 aliphatic heterocycles. The summed E-state index contributed by atoms with van der Waals surface area (Å²) in [4.78, 5) is 19.8. The molecule has 5 rings (SSSR count). The molecule has 1 aliphatic rings. The maximum absolute atomic E-state index is 12.8. The van der Waals surface area contributed by atoms with Crippen LogP contribution in [0.15, 0.2) is 84.9 Å². The van der Waals surface area contributed by atoms with Crippen LogP contribution >= 0.6 is 0 Å². The van der Waals surface area contributed by atoms with E-state index >= 15 is 0 Å². The van der Waals surface area contributed by atoms with Gasteiger partial charge in [-0.1, -0.05) is 66.7 Å². The fourth-order valence-corrected chi connectivity index (χ4v) is 5.00. The average molecular weight is 480 g/mol. The third kappa shape index (κ3) is 5.43. The van der Waals surface area contributed by atoms with Crippen molar-refractivity contribution in [1.82, 2.24) is 10.3 Å². The van der Waals surface area contributed by atoms with Gasteiger partial charge in [0, 0.05) is 48.9 Å². The topological polar surface area (TPSA) is 69.3 Å². The van der Waals surface area contributed by atoms with Crippen molar-refractivity contribution in [3.05, 3.63) is 84.9 Å². The van der Waals surface area contributed by atoms with Gasteiger partial charge in [0.1, 0.15) is 5.82 Å². The number of anilines is 3. The highest BCUT2D eigenvalue weighted by molar-refractivity contribution is 5.95. The summed E-state index contributed by atoms with van der Waals surface area (Å²) in [5.41, 5.74) is 5.07. The quantitative estimate of drug-likeness (QED) is 0.295. The Morgan fingerprint density at radius 1 is 0.833 bits per heavy atom. The number of carbonyl (C=O) groups is 1. The molecule has 2 amide bonds. The van der Waals surface area contributed by atoms with Crippen molar-refractivity contribution in [1.29, 1.82) is 0 Å². The maximum atomic E-state index is 12.8. The number of benzene rings is 3. The van der Waals surface area contributed by atoms with Crippen LogP contribution in [0, 0.1) is 0 Å². The average Bonchev–Trinajstić information content (AvgIpc) is 2.90. The van der Waals surface area contributed by atoms with Crippen molar-refractivity contribution >= 4 is 34.1 Å². The summed E-state index contributed by atoms with van der Waals surface area (Å²) >= 11 is 0. The van der Waals surface area contributed by atoms with Crippen molar-refractivity contribution in [3.63, 3.8) is 0 Å². The molecule has 3 aromatic carbocycles. The van der Waals surface area contributed by atoms with E-state index in [1.807, 2.05) is 48.5 Å². The number of hydrogen-bond donors (Lipinski definition) is 3. The number of amides is 2. The molecule has 1 aliphatic carbocycles. The normalized spacial score (nSPS) is 17.4. The molecule has 0 spiro atoms. The number of nitrogens with one attached hydrogen (secondary N) is 3. The van der Waals surface area contributed by atoms with Gasteiger partial charge in [-0.25, -0.2) is 9.78 Å². The molecule has 184 valence electrons. The van der Waals surface area contributed by atoms with Gasteiger partial charge in [-0.05, 0) is 43.4 Å². The van der Waals surface area contributed by atoms with Gasteiger partial charge in [-0.3, -0.25) is 0 Å². The van der Waals surface area contributed by atoms with Gasteiger partial charge >= 0.3 is 6.03 Å². The van der Waals surface area contributed by atoms with Gasteiger partial charge in [0.25, 0.3) is 0 Å². The molecule has 0 saturated heterocycles. The van der Waals surface area contributed by atoms with E-state index in [0.29, 0.717) is 6.04 Å². The first kappa shape index (κ1) is 23.7. The molecule has 0 radical (unpaired) electrons. The Morgan fingerprint density at radius 3 is 2.28 bits per heavy atom. The molecule has 0 bridgehead atoms. The molecule has 4 aromatic rings. The molecule has 0 atom stereocenters.